The summed E-state index contributed by atoms with van der Waals surface area (Å²) in [5.41, 5.74) is 9.61. The quantitative estimate of drug-likeness (QED) is 0.423. The maximum absolute atomic E-state index is 5.88. The molecule has 0 fully saturated rings. The van der Waals surface area contributed by atoms with Gasteiger partial charge < -0.3 is 5.43 Å². The molecule has 0 aromatic heterocycles. The lowest BCUT2D eigenvalue weighted by Crippen LogP contribution is -2.10. The lowest BCUT2D eigenvalue weighted by atomic mass is 9.84. The molecule has 1 aliphatic rings. The SMILES string of the molecule is CCCCC1=Cc2c(NN)cc3ccccc3c2C1Cc1ccccc1. The van der Waals surface area contributed by atoms with Crippen LogP contribution in [0.1, 0.15) is 48.8 Å². The van der Waals surface area contributed by atoms with Gasteiger partial charge in [0.1, 0.15) is 0 Å². The molecular formula is C24H26N2. The molecule has 3 aromatic carbocycles. The van der Waals surface area contributed by atoms with Gasteiger partial charge in [0.25, 0.3) is 0 Å². The van der Waals surface area contributed by atoms with Crippen LogP contribution >= 0.6 is 0 Å². The first kappa shape index (κ1) is 16.9. The van der Waals surface area contributed by atoms with Crippen molar-refractivity contribution in [1.29, 1.82) is 0 Å². The van der Waals surface area contributed by atoms with Crippen LogP contribution in [0.15, 0.2) is 66.2 Å². The van der Waals surface area contributed by atoms with Crippen molar-refractivity contribution < 1.29 is 0 Å². The number of hydrogen-bond donors (Lipinski definition) is 2. The van der Waals surface area contributed by atoms with Gasteiger partial charge in [-0.25, -0.2) is 0 Å². The zero-order chi connectivity index (χ0) is 17.9. The van der Waals surface area contributed by atoms with Gasteiger partial charge in [-0.3, -0.25) is 5.84 Å². The van der Waals surface area contributed by atoms with E-state index in [9.17, 15) is 0 Å². The fourth-order valence-corrected chi connectivity index (χ4v) is 4.22. The highest BCUT2D eigenvalue weighted by Gasteiger charge is 2.29. The summed E-state index contributed by atoms with van der Waals surface area (Å²) in [7, 11) is 0. The monoisotopic (exact) mass is 342 g/mol. The zero-order valence-corrected chi connectivity index (χ0v) is 15.3. The molecule has 3 N–H and O–H groups in total. The van der Waals surface area contributed by atoms with Crippen LogP contribution in [-0.4, -0.2) is 0 Å². The summed E-state index contributed by atoms with van der Waals surface area (Å²) in [4.78, 5) is 0. The molecule has 1 atom stereocenters. The minimum atomic E-state index is 0.428. The smallest absolute Gasteiger partial charge is 0.0566 e. The molecule has 0 spiro atoms. The van der Waals surface area contributed by atoms with E-state index in [1.54, 1.807) is 5.57 Å². The molecule has 0 amide bonds. The van der Waals surface area contributed by atoms with Crippen LogP contribution < -0.4 is 11.3 Å². The minimum Gasteiger partial charge on any atom is -0.324 e. The largest absolute Gasteiger partial charge is 0.324 e. The normalized spacial score (nSPS) is 15.8. The number of hydrazine groups is 1. The molecule has 2 heteroatoms. The third-order valence-corrected chi connectivity index (χ3v) is 5.51. The molecule has 0 saturated carbocycles. The van der Waals surface area contributed by atoms with Gasteiger partial charge in [0.2, 0.25) is 0 Å². The second-order valence-electron chi connectivity index (χ2n) is 7.18. The summed E-state index contributed by atoms with van der Waals surface area (Å²) in [5.74, 6) is 6.31. The van der Waals surface area contributed by atoms with E-state index in [1.165, 1.54) is 40.3 Å². The Bertz CT molecular complexity index is 941. The van der Waals surface area contributed by atoms with E-state index in [1.807, 2.05) is 0 Å². The fourth-order valence-electron chi connectivity index (χ4n) is 4.22. The van der Waals surface area contributed by atoms with Gasteiger partial charge in [0.15, 0.2) is 0 Å². The van der Waals surface area contributed by atoms with E-state index >= 15 is 0 Å². The Morgan fingerprint density at radius 3 is 2.54 bits per heavy atom. The molecular weight excluding hydrogens is 316 g/mol. The average molecular weight is 342 g/mol. The van der Waals surface area contributed by atoms with Gasteiger partial charge >= 0.3 is 0 Å². The lowest BCUT2D eigenvalue weighted by molar-refractivity contribution is 0.709. The van der Waals surface area contributed by atoms with Crippen molar-refractivity contribution in [2.75, 3.05) is 5.43 Å². The number of nitrogens with two attached hydrogens (primary N) is 1. The third-order valence-electron chi connectivity index (χ3n) is 5.51. The van der Waals surface area contributed by atoms with Gasteiger partial charge in [-0.05, 0) is 47.2 Å². The number of hydrogen-bond acceptors (Lipinski definition) is 2. The molecule has 4 rings (SSSR count). The Morgan fingerprint density at radius 1 is 1.00 bits per heavy atom. The Hall–Kier alpha value is -2.58. The van der Waals surface area contributed by atoms with Gasteiger partial charge in [-0.2, -0.15) is 0 Å². The average Bonchev–Trinajstić information content (AvgIpc) is 3.05. The Labute approximate surface area is 155 Å². The number of nitrogen functional groups attached to an aromatic ring is 1. The van der Waals surface area contributed by atoms with E-state index in [2.05, 4.69) is 79.1 Å². The number of anilines is 1. The molecule has 1 aliphatic carbocycles. The van der Waals surface area contributed by atoms with Crippen molar-refractivity contribution in [2.24, 2.45) is 5.84 Å². The summed E-state index contributed by atoms with van der Waals surface area (Å²) >= 11 is 0. The molecule has 132 valence electrons. The maximum Gasteiger partial charge on any atom is 0.0566 e. The van der Waals surface area contributed by atoms with E-state index in [0.717, 1.165) is 18.5 Å². The number of nitrogens with one attached hydrogen (secondary N) is 1. The van der Waals surface area contributed by atoms with Crippen molar-refractivity contribution in [1.82, 2.24) is 0 Å². The second kappa shape index (κ2) is 7.35. The van der Waals surface area contributed by atoms with Gasteiger partial charge in [0, 0.05) is 11.5 Å². The summed E-state index contributed by atoms with van der Waals surface area (Å²) in [6, 6.07) is 21.7. The number of unbranched alkanes of at least 4 members (excludes halogenated alkanes) is 1. The molecule has 0 saturated heterocycles. The summed E-state index contributed by atoms with van der Waals surface area (Å²) < 4.78 is 0. The zero-order valence-electron chi connectivity index (χ0n) is 15.3. The first-order valence-electron chi connectivity index (χ1n) is 9.58. The van der Waals surface area contributed by atoms with Crippen LogP contribution in [-0.2, 0) is 6.42 Å². The van der Waals surface area contributed by atoms with E-state index in [0.29, 0.717) is 5.92 Å². The van der Waals surface area contributed by atoms with Crippen LogP contribution in [0, 0.1) is 0 Å². The number of allylic oxidation sites excluding steroid dienone is 1. The molecule has 0 heterocycles. The fraction of sp³-hybridized carbons (Fsp3) is 0.250. The first-order chi connectivity index (χ1) is 12.8. The van der Waals surface area contributed by atoms with Crippen LogP contribution in [0.2, 0.25) is 0 Å². The number of benzene rings is 3. The van der Waals surface area contributed by atoms with Gasteiger partial charge in [-0.1, -0.05) is 79.6 Å². The highest BCUT2D eigenvalue weighted by atomic mass is 15.2. The van der Waals surface area contributed by atoms with Crippen LogP contribution in [0.3, 0.4) is 0 Å². The van der Waals surface area contributed by atoms with Crippen molar-refractivity contribution in [2.45, 2.75) is 38.5 Å². The summed E-state index contributed by atoms with van der Waals surface area (Å²) in [6.45, 7) is 2.26. The highest BCUT2D eigenvalue weighted by Crippen LogP contribution is 2.47. The van der Waals surface area contributed by atoms with Crippen molar-refractivity contribution in [3.8, 4) is 0 Å². The summed E-state index contributed by atoms with van der Waals surface area (Å²) in [5, 5.41) is 2.60. The van der Waals surface area contributed by atoms with E-state index in [-0.39, 0.29) is 0 Å². The predicted molar refractivity (Wildman–Crippen MR) is 112 cm³/mol. The predicted octanol–water partition coefficient (Wildman–Crippen LogP) is 6.04. The van der Waals surface area contributed by atoms with Gasteiger partial charge in [-0.15, -0.1) is 0 Å². The second-order valence-corrected chi connectivity index (χ2v) is 7.18. The molecule has 0 aliphatic heterocycles. The van der Waals surface area contributed by atoms with E-state index < -0.39 is 0 Å². The van der Waals surface area contributed by atoms with Crippen molar-refractivity contribution >= 4 is 22.5 Å². The molecule has 0 radical (unpaired) electrons. The standard InChI is InChI=1S/C24H26N2/c1-2-3-11-18-15-22-23(26-25)16-19-12-7-8-13-20(19)24(22)21(18)14-17-9-5-4-6-10-17/h4-10,12-13,15-16,21,26H,2-3,11,14,25H2,1H3. The lowest BCUT2D eigenvalue weighted by Gasteiger charge is -2.20. The van der Waals surface area contributed by atoms with Crippen molar-refractivity contribution in [3.63, 3.8) is 0 Å². The van der Waals surface area contributed by atoms with E-state index in [4.69, 9.17) is 5.84 Å². The number of rotatable bonds is 6. The molecule has 26 heavy (non-hydrogen) atoms. The van der Waals surface area contributed by atoms with Crippen LogP contribution in [0.5, 0.6) is 0 Å². The first-order valence-corrected chi connectivity index (χ1v) is 9.58. The Kier molecular flexibility index (Phi) is 4.77. The summed E-state index contributed by atoms with van der Waals surface area (Å²) in [6.07, 6.45) is 7.03. The molecule has 1 unspecified atom stereocenters. The minimum absolute atomic E-state index is 0.428. The third kappa shape index (κ3) is 3.02. The van der Waals surface area contributed by atoms with Crippen LogP contribution in [0.4, 0.5) is 5.69 Å². The van der Waals surface area contributed by atoms with Gasteiger partial charge in [0.05, 0.1) is 5.69 Å². The molecule has 0 bridgehead atoms. The Morgan fingerprint density at radius 2 is 1.77 bits per heavy atom. The topological polar surface area (TPSA) is 38.0 Å². The number of fused-ring (bicyclic) bond motifs is 3. The maximum atomic E-state index is 5.88. The Balaban J connectivity index is 1.86. The molecule has 2 nitrogen and oxygen atoms in total. The highest BCUT2D eigenvalue weighted by molar-refractivity contribution is 5.97. The molecule has 3 aromatic rings. The van der Waals surface area contributed by atoms with Crippen molar-refractivity contribution in [3.05, 3.63) is 82.9 Å². The van der Waals surface area contributed by atoms with Crippen LogP contribution in [0.25, 0.3) is 16.8 Å².